The van der Waals surface area contributed by atoms with E-state index in [2.05, 4.69) is 13.8 Å². The number of aliphatic hydroxyl groups excluding tert-OH is 1. The van der Waals surface area contributed by atoms with Gasteiger partial charge < -0.3 is 9.84 Å². The van der Waals surface area contributed by atoms with Crippen molar-refractivity contribution in [2.45, 2.75) is 84.5 Å². The van der Waals surface area contributed by atoms with E-state index < -0.39 is 6.29 Å². The summed E-state index contributed by atoms with van der Waals surface area (Å²) in [5.74, 6) is 0. The van der Waals surface area contributed by atoms with Crippen molar-refractivity contribution in [3.63, 3.8) is 0 Å². The molecule has 0 spiro atoms. The number of hydrogen-bond acceptors (Lipinski definition) is 2. The normalized spacial score (nSPS) is 15.2. The van der Waals surface area contributed by atoms with Crippen molar-refractivity contribution in [3.05, 3.63) is 0 Å². The highest BCUT2D eigenvalue weighted by molar-refractivity contribution is 4.56. The van der Waals surface area contributed by atoms with Crippen molar-refractivity contribution in [2.24, 2.45) is 0 Å². The SMILES string of the molecule is CCCCCCCCC(CC)OC(C)O. The Morgan fingerprint density at radius 2 is 1.60 bits per heavy atom. The monoisotopic (exact) mass is 216 g/mol. The summed E-state index contributed by atoms with van der Waals surface area (Å²) in [5.41, 5.74) is 0. The molecule has 0 saturated carbocycles. The van der Waals surface area contributed by atoms with E-state index >= 15 is 0 Å². The first-order chi connectivity index (χ1) is 7.20. The molecule has 0 aromatic rings. The molecular weight excluding hydrogens is 188 g/mol. The van der Waals surface area contributed by atoms with Crippen molar-refractivity contribution >= 4 is 0 Å². The van der Waals surface area contributed by atoms with E-state index in [4.69, 9.17) is 9.84 Å². The van der Waals surface area contributed by atoms with Gasteiger partial charge in [-0.25, -0.2) is 0 Å². The summed E-state index contributed by atoms with van der Waals surface area (Å²) in [6.45, 7) is 6.04. The Hall–Kier alpha value is -0.0800. The van der Waals surface area contributed by atoms with Gasteiger partial charge in [0.15, 0.2) is 6.29 Å². The Morgan fingerprint density at radius 3 is 2.13 bits per heavy atom. The van der Waals surface area contributed by atoms with Gasteiger partial charge in [-0.05, 0) is 19.8 Å². The molecule has 0 fully saturated rings. The number of unbranched alkanes of at least 4 members (excludes halogenated alkanes) is 5. The van der Waals surface area contributed by atoms with Crippen molar-refractivity contribution in [3.8, 4) is 0 Å². The second kappa shape index (κ2) is 10.4. The van der Waals surface area contributed by atoms with Crippen LogP contribution < -0.4 is 0 Å². The van der Waals surface area contributed by atoms with Gasteiger partial charge in [-0.15, -0.1) is 0 Å². The summed E-state index contributed by atoms with van der Waals surface area (Å²) in [6, 6.07) is 0. The lowest BCUT2D eigenvalue weighted by Crippen LogP contribution is -2.18. The largest absolute Gasteiger partial charge is 0.368 e. The summed E-state index contributed by atoms with van der Waals surface area (Å²) in [6.07, 6.45) is 9.64. The van der Waals surface area contributed by atoms with Crippen LogP contribution in [0.2, 0.25) is 0 Å². The van der Waals surface area contributed by atoms with E-state index in [-0.39, 0.29) is 6.10 Å². The van der Waals surface area contributed by atoms with Gasteiger partial charge in [0.25, 0.3) is 0 Å². The molecule has 0 radical (unpaired) electrons. The van der Waals surface area contributed by atoms with Crippen LogP contribution in [0.5, 0.6) is 0 Å². The molecule has 0 aliphatic carbocycles. The van der Waals surface area contributed by atoms with Crippen molar-refractivity contribution < 1.29 is 9.84 Å². The number of ether oxygens (including phenoxy) is 1. The highest BCUT2D eigenvalue weighted by Crippen LogP contribution is 2.13. The zero-order chi connectivity index (χ0) is 11.5. The van der Waals surface area contributed by atoms with E-state index in [1.807, 2.05) is 0 Å². The predicted molar refractivity (Wildman–Crippen MR) is 64.8 cm³/mol. The third kappa shape index (κ3) is 10.2. The van der Waals surface area contributed by atoms with Crippen molar-refractivity contribution in [1.82, 2.24) is 0 Å². The van der Waals surface area contributed by atoms with E-state index in [0.717, 1.165) is 12.8 Å². The minimum Gasteiger partial charge on any atom is -0.368 e. The molecule has 0 rings (SSSR count). The van der Waals surface area contributed by atoms with Gasteiger partial charge in [-0.1, -0.05) is 52.4 Å². The molecule has 0 saturated heterocycles. The Kier molecular flexibility index (Phi) is 10.4. The van der Waals surface area contributed by atoms with Gasteiger partial charge in [0.2, 0.25) is 0 Å². The lowest BCUT2D eigenvalue weighted by molar-refractivity contribution is -0.126. The van der Waals surface area contributed by atoms with Gasteiger partial charge in [-0.2, -0.15) is 0 Å². The molecule has 1 N–H and O–H groups in total. The van der Waals surface area contributed by atoms with Crippen LogP contribution in [0.15, 0.2) is 0 Å². The lowest BCUT2D eigenvalue weighted by Gasteiger charge is -2.17. The van der Waals surface area contributed by atoms with Crippen LogP contribution in [0.1, 0.15) is 72.1 Å². The molecule has 15 heavy (non-hydrogen) atoms. The predicted octanol–water partition coefficient (Wildman–Crippen LogP) is 3.87. The van der Waals surface area contributed by atoms with Crippen LogP contribution in [0.4, 0.5) is 0 Å². The van der Waals surface area contributed by atoms with Crippen molar-refractivity contribution in [1.29, 1.82) is 0 Å². The fourth-order valence-corrected chi connectivity index (χ4v) is 1.80. The molecule has 0 aliphatic rings. The summed E-state index contributed by atoms with van der Waals surface area (Å²) in [7, 11) is 0. The fraction of sp³-hybridized carbons (Fsp3) is 1.00. The molecule has 0 heterocycles. The average Bonchev–Trinajstić information content (AvgIpc) is 2.20. The molecular formula is C13H28O2. The minimum absolute atomic E-state index is 0.246. The summed E-state index contributed by atoms with van der Waals surface area (Å²) < 4.78 is 5.38. The topological polar surface area (TPSA) is 29.5 Å². The van der Waals surface area contributed by atoms with E-state index in [0.29, 0.717) is 0 Å². The number of hydrogen-bond donors (Lipinski definition) is 1. The Morgan fingerprint density at radius 1 is 1.00 bits per heavy atom. The molecule has 0 aromatic carbocycles. The van der Waals surface area contributed by atoms with E-state index in [1.54, 1.807) is 6.92 Å². The van der Waals surface area contributed by atoms with Crippen LogP contribution in [0, 0.1) is 0 Å². The Bertz CT molecular complexity index is 124. The molecule has 2 nitrogen and oxygen atoms in total. The standard InChI is InChI=1S/C13H28O2/c1-4-6-7-8-9-10-11-13(5-2)15-12(3)14/h12-14H,4-11H2,1-3H3. The fourth-order valence-electron chi connectivity index (χ4n) is 1.80. The molecule has 2 heteroatoms. The first-order valence-corrected chi connectivity index (χ1v) is 6.54. The molecule has 0 aromatic heterocycles. The van der Waals surface area contributed by atoms with Crippen LogP contribution in [0.25, 0.3) is 0 Å². The molecule has 2 unspecified atom stereocenters. The van der Waals surface area contributed by atoms with Crippen LogP contribution in [0.3, 0.4) is 0 Å². The molecule has 0 amide bonds. The second-order valence-electron chi connectivity index (χ2n) is 4.32. The third-order valence-corrected chi connectivity index (χ3v) is 2.72. The number of rotatable bonds is 10. The lowest BCUT2D eigenvalue weighted by atomic mass is 10.1. The van der Waals surface area contributed by atoms with Crippen LogP contribution >= 0.6 is 0 Å². The molecule has 0 aliphatic heterocycles. The summed E-state index contributed by atoms with van der Waals surface area (Å²) >= 11 is 0. The smallest absolute Gasteiger partial charge is 0.152 e. The molecule has 92 valence electrons. The highest BCUT2D eigenvalue weighted by atomic mass is 16.6. The minimum atomic E-state index is -0.616. The Balaban J connectivity index is 3.30. The summed E-state index contributed by atoms with van der Waals surface area (Å²) in [5, 5.41) is 9.10. The van der Waals surface area contributed by atoms with Gasteiger partial charge in [0.05, 0.1) is 6.10 Å². The molecule has 2 atom stereocenters. The van der Waals surface area contributed by atoms with Crippen LogP contribution in [-0.4, -0.2) is 17.5 Å². The maximum absolute atomic E-state index is 9.10. The van der Waals surface area contributed by atoms with Gasteiger partial charge in [0, 0.05) is 0 Å². The molecule has 0 bridgehead atoms. The average molecular weight is 216 g/mol. The van der Waals surface area contributed by atoms with Crippen LogP contribution in [-0.2, 0) is 4.74 Å². The zero-order valence-electron chi connectivity index (χ0n) is 10.7. The van der Waals surface area contributed by atoms with E-state index in [1.165, 1.54) is 38.5 Å². The first kappa shape index (κ1) is 14.9. The van der Waals surface area contributed by atoms with Gasteiger partial charge in [-0.3, -0.25) is 0 Å². The zero-order valence-corrected chi connectivity index (χ0v) is 10.7. The highest BCUT2D eigenvalue weighted by Gasteiger charge is 2.08. The van der Waals surface area contributed by atoms with Gasteiger partial charge in [0.1, 0.15) is 0 Å². The van der Waals surface area contributed by atoms with Gasteiger partial charge >= 0.3 is 0 Å². The maximum Gasteiger partial charge on any atom is 0.152 e. The second-order valence-corrected chi connectivity index (χ2v) is 4.32. The maximum atomic E-state index is 9.10. The Labute approximate surface area is 95.0 Å². The first-order valence-electron chi connectivity index (χ1n) is 6.54. The van der Waals surface area contributed by atoms with Crippen molar-refractivity contribution in [2.75, 3.05) is 0 Å². The quantitative estimate of drug-likeness (QED) is 0.444. The third-order valence-electron chi connectivity index (χ3n) is 2.72. The number of aliphatic hydroxyl groups is 1. The van der Waals surface area contributed by atoms with E-state index in [9.17, 15) is 0 Å². The summed E-state index contributed by atoms with van der Waals surface area (Å²) in [4.78, 5) is 0.